The van der Waals surface area contributed by atoms with Gasteiger partial charge in [-0.25, -0.2) is 9.37 Å². The largest absolute Gasteiger partial charge is 0.448 e. The zero-order chi connectivity index (χ0) is 10.7. The number of aromatic nitrogens is 1. The number of oxazole rings is 1. The first-order valence-corrected chi connectivity index (χ1v) is 4.70. The van der Waals surface area contributed by atoms with Gasteiger partial charge in [0.25, 0.3) is 0 Å². The highest BCUT2D eigenvalue weighted by Crippen LogP contribution is 2.19. The van der Waals surface area contributed by atoms with Crippen molar-refractivity contribution in [1.82, 2.24) is 4.98 Å². The molecule has 4 heteroatoms. The molecule has 0 unspecified atom stereocenters. The highest BCUT2D eigenvalue weighted by atomic mass is 19.1. The Morgan fingerprint density at radius 1 is 1.40 bits per heavy atom. The summed E-state index contributed by atoms with van der Waals surface area (Å²) in [5, 5.41) is 0. The molecule has 0 spiro atoms. The molecule has 0 saturated carbocycles. The fourth-order valence-corrected chi connectivity index (χ4v) is 1.33. The van der Waals surface area contributed by atoms with Gasteiger partial charge in [-0.3, -0.25) is 0 Å². The normalized spacial score (nSPS) is 10.5. The van der Waals surface area contributed by atoms with E-state index in [1.54, 1.807) is 12.1 Å². The Morgan fingerprint density at radius 3 is 3.00 bits per heavy atom. The van der Waals surface area contributed by atoms with Gasteiger partial charge in [-0.1, -0.05) is 12.1 Å². The van der Waals surface area contributed by atoms with Crippen molar-refractivity contribution in [3.05, 3.63) is 42.2 Å². The monoisotopic (exact) mass is 206 g/mol. The minimum Gasteiger partial charge on any atom is -0.448 e. The van der Waals surface area contributed by atoms with Crippen molar-refractivity contribution in [2.75, 3.05) is 6.54 Å². The Kier molecular flexibility index (Phi) is 2.78. The van der Waals surface area contributed by atoms with E-state index in [1.165, 1.54) is 18.4 Å². The number of rotatable bonds is 3. The second-order valence-electron chi connectivity index (χ2n) is 3.18. The number of nitrogens with zero attached hydrogens (tertiary/aromatic N) is 1. The summed E-state index contributed by atoms with van der Waals surface area (Å²) in [6.45, 7) is 0.489. The molecule has 2 N–H and O–H groups in total. The molecule has 0 aliphatic rings. The van der Waals surface area contributed by atoms with Crippen LogP contribution >= 0.6 is 0 Å². The molecule has 2 aromatic rings. The Balaban J connectivity index is 2.29. The second-order valence-corrected chi connectivity index (χ2v) is 3.18. The average molecular weight is 206 g/mol. The maximum absolute atomic E-state index is 12.9. The van der Waals surface area contributed by atoms with Gasteiger partial charge in [-0.15, -0.1) is 0 Å². The van der Waals surface area contributed by atoms with Gasteiger partial charge in [0, 0.05) is 18.5 Å². The van der Waals surface area contributed by atoms with Gasteiger partial charge >= 0.3 is 0 Å². The van der Waals surface area contributed by atoms with Crippen LogP contribution < -0.4 is 5.73 Å². The Bertz CT molecular complexity index is 453. The summed E-state index contributed by atoms with van der Waals surface area (Å²) in [6.07, 6.45) is 2.11. The molecule has 0 saturated heterocycles. The standard InChI is InChI=1S/C11H11FN2O/c12-9-3-1-2-8(6-9)10-7-15-11(14-10)4-5-13/h1-3,6-7H,4-5,13H2. The average Bonchev–Trinajstić information content (AvgIpc) is 2.67. The molecule has 0 radical (unpaired) electrons. The lowest BCUT2D eigenvalue weighted by atomic mass is 10.2. The lowest BCUT2D eigenvalue weighted by molar-refractivity contribution is 0.496. The third-order valence-electron chi connectivity index (χ3n) is 2.03. The first kappa shape index (κ1) is 9.86. The number of halogens is 1. The van der Waals surface area contributed by atoms with Crippen LogP contribution in [0.4, 0.5) is 4.39 Å². The molecule has 1 aromatic heterocycles. The molecule has 0 amide bonds. The number of hydrogen-bond acceptors (Lipinski definition) is 3. The third-order valence-corrected chi connectivity index (χ3v) is 2.03. The summed E-state index contributed by atoms with van der Waals surface area (Å²) >= 11 is 0. The molecule has 1 aromatic carbocycles. The first-order chi connectivity index (χ1) is 7.29. The summed E-state index contributed by atoms with van der Waals surface area (Å²) in [4.78, 5) is 4.20. The molecule has 3 nitrogen and oxygen atoms in total. The van der Waals surface area contributed by atoms with E-state index < -0.39 is 0 Å². The van der Waals surface area contributed by atoms with Gasteiger partial charge in [0.2, 0.25) is 0 Å². The molecular formula is C11H11FN2O. The van der Waals surface area contributed by atoms with Crippen LogP contribution in [-0.4, -0.2) is 11.5 Å². The molecule has 0 fully saturated rings. The predicted octanol–water partition coefficient (Wildman–Crippen LogP) is 1.98. The van der Waals surface area contributed by atoms with Crippen LogP contribution in [0.3, 0.4) is 0 Å². The van der Waals surface area contributed by atoms with E-state index in [2.05, 4.69) is 4.98 Å². The molecule has 0 aliphatic heterocycles. The van der Waals surface area contributed by atoms with Crippen LogP contribution in [-0.2, 0) is 6.42 Å². The second kappa shape index (κ2) is 4.23. The minimum atomic E-state index is -0.282. The predicted molar refractivity (Wildman–Crippen MR) is 54.7 cm³/mol. The maximum Gasteiger partial charge on any atom is 0.195 e. The van der Waals surface area contributed by atoms with Crippen molar-refractivity contribution in [2.24, 2.45) is 5.73 Å². The molecule has 0 aliphatic carbocycles. The smallest absolute Gasteiger partial charge is 0.195 e. The van der Waals surface area contributed by atoms with Gasteiger partial charge in [-0.05, 0) is 12.1 Å². The number of benzene rings is 1. The molecule has 0 atom stereocenters. The zero-order valence-corrected chi connectivity index (χ0v) is 8.11. The van der Waals surface area contributed by atoms with Gasteiger partial charge in [0.05, 0.1) is 0 Å². The highest BCUT2D eigenvalue weighted by molar-refractivity contribution is 5.57. The Hall–Kier alpha value is -1.68. The van der Waals surface area contributed by atoms with Crippen molar-refractivity contribution in [3.63, 3.8) is 0 Å². The third kappa shape index (κ3) is 2.22. The summed E-state index contributed by atoms with van der Waals surface area (Å²) in [6, 6.07) is 6.24. The van der Waals surface area contributed by atoms with E-state index in [0.717, 1.165) is 0 Å². The van der Waals surface area contributed by atoms with E-state index in [-0.39, 0.29) is 5.82 Å². The van der Waals surface area contributed by atoms with Gasteiger partial charge < -0.3 is 10.2 Å². The molecule has 78 valence electrons. The van der Waals surface area contributed by atoms with Crippen molar-refractivity contribution in [2.45, 2.75) is 6.42 Å². The van der Waals surface area contributed by atoms with Gasteiger partial charge in [0.1, 0.15) is 17.8 Å². The SMILES string of the molecule is NCCc1nc(-c2cccc(F)c2)co1. The zero-order valence-electron chi connectivity index (χ0n) is 8.11. The quantitative estimate of drug-likeness (QED) is 0.835. The van der Waals surface area contributed by atoms with Crippen LogP contribution in [0.2, 0.25) is 0 Å². The van der Waals surface area contributed by atoms with Gasteiger partial charge in [0.15, 0.2) is 5.89 Å². The van der Waals surface area contributed by atoms with E-state index in [9.17, 15) is 4.39 Å². The first-order valence-electron chi connectivity index (χ1n) is 4.70. The molecule has 1 heterocycles. The van der Waals surface area contributed by atoms with E-state index in [0.29, 0.717) is 30.1 Å². The fourth-order valence-electron chi connectivity index (χ4n) is 1.33. The van der Waals surface area contributed by atoms with E-state index in [1.807, 2.05) is 0 Å². The molecular weight excluding hydrogens is 195 g/mol. The van der Waals surface area contributed by atoms with Crippen LogP contribution in [0.1, 0.15) is 5.89 Å². The van der Waals surface area contributed by atoms with Crippen LogP contribution in [0.25, 0.3) is 11.3 Å². The van der Waals surface area contributed by atoms with Crippen LogP contribution in [0.5, 0.6) is 0 Å². The van der Waals surface area contributed by atoms with Crippen molar-refractivity contribution >= 4 is 0 Å². The van der Waals surface area contributed by atoms with Crippen molar-refractivity contribution in [1.29, 1.82) is 0 Å². The summed E-state index contributed by atoms with van der Waals surface area (Å²) in [5.41, 5.74) is 6.72. The lowest BCUT2D eigenvalue weighted by Crippen LogP contribution is -2.02. The van der Waals surface area contributed by atoms with Crippen molar-refractivity contribution in [3.8, 4) is 11.3 Å². The van der Waals surface area contributed by atoms with Gasteiger partial charge in [-0.2, -0.15) is 0 Å². The summed E-state index contributed by atoms with van der Waals surface area (Å²) in [7, 11) is 0. The Labute approximate surface area is 86.7 Å². The number of nitrogens with two attached hydrogens (primary N) is 1. The van der Waals surface area contributed by atoms with Crippen LogP contribution in [0.15, 0.2) is 34.9 Å². The summed E-state index contributed by atoms with van der Waals surface area (Å²) < 4.78 is 18.1. The fraction of sp³-hybridized carbons (Fsp3) is 0.182. The molecule has 2 rings (SSSR count). The molecule has 0 bridgehead atoms. The lowest BCUT2D eigenvalue weighted by Gasteiger charge is -1.94. The number of hydrogen-bond donors (Lipinski definition) is 1. The minimum absolute atomic E-state index is 0.282. The molecule has 15 heavy (non-hydrogen) atoms. The maximum atomic E-state index is 12.9. The Morgan fingerprint density at radius 2 is 2.27 bits per heavy atom. The highest BCUT2D eigenvalue weighted by Gasteiger charge is 2.05. The van der Waals surface area contributed by atoms with Crippen LogP contribution in [0, 0.1) is 5.82 Å². The summed E-state index contributed by atoms with van der Waals surface area (Å²) in [5.74, 6) is 0.299. The van der Waals surface area contributed by atoms with E-state index in [4.69, 9.17) is 10.2 Å². The topological polar surface area (TPSA) is 52.0 Å². The van der Waals surface area contributed by atoms with Crippen molar-refractivity contribution < 1.29 is 8.81 Å². The van der Waals surface area contributed by atoms with E-state index >= 15 is 0 Å².